The van der Waals surface area contributed by atoms with Gasteiger partial charge in [0.15, 0.2) is 0 Å². The van der Waals surface area contributed by atoms with Crippen LogP contribution >= 0.6 is 0 Å². The number of rotatable bonds is 6. The zero-order chi connectivity index (χ0) is 13.1. The van der Waals surface area contributed by atoms with Gasteiger partial charge in [-0.1, -0.05) is 0 Å². The van der Waals surface area contributed by atoms with E-state index in [0.717, 1.165) is 6.54 Å². The van der Waals surface area contributed by atoms with Crippen LogP contribution in [-0.4, -0.2) is 35.0 Å². The zero-order valence-corrected chi connectivity index (χ0v) is 10.6. The predicted octanol–water partition coefficient (Wildman–Crippen LogP) is 1.66. The Morgan fingerprint density at radius 2 is 2.33 bits per heavy atom. The van der Waals surface area contributed by atoms with Crippen LogP contribution in [-0.2, 0) is 0 Å². The molecule has 0 saturated heterocycles. The third-order valence-electron chi connectivity index (χ3n) is 2.87. The highest BCUT2D eigenvalue weighted by Crippen LogP contribution is 2.33. The molecule has 0 atom stereocenters. The van der Waals surface area contributed by atoms with Crippen LogP contribution in [0.25, 0.3) is 0 Å². The molecule has 0 aliphatic heterocycles. The van der Waals surface area contributed by atoms with Crippen molar-refractivity contribution in [1.29, 1.82) is 0 Å². The first-order valence-corrected chi connectivity index (χ1v) is 6.08. The second kappa shape index (κ2) is 5.16. The molecule has 7 heteroatoms. The van der Waals surface area contributed by atoms with Crippen molar-refractivity contribution in [2.45, 2.75) is 19.8 Å². The molecule has 1 N–H and O–H groups in total. The molecule has 0 aromatic carbocycles. The maximum absolute atomic E-state index is 11.0. The number of hydrogen-bond donors (Lipinski definition) is 1. The zero-order valence-electron chi connectivity index (χ0n) is 10.6. The lowest BCUT2D eigenvalue weighted by Gasteiger charge is -2.17. The van der Waals surface area contributed by atoms with Crippen molar-refractivity contribution in [3.05, 3.63) is 16.3 Å². The van der Waals surface area contributed by atoms with E-state index < -0.39 is 4.92 Å². The maximum atomic E-state index is 11.0. The van der Waals surface area contributed by atoms with Gasteiger partial charge in [0.1, 0.15) is 6.20 Å². The molecule has 0 amide bonds. The second-order valence-electron chi connectivity index (χ2n) is 4.51. The summed E-state index contributed by atoms with van der Waals surface area (Å²) in [4.78, 5) is 20.5. The smallest absolute Gasteiger partial charge is 0.329 e. The normalized spacial score (nSPS) is 14.3. The van der Waals surface area contributed by atoms with Crippen LogP contribution < -0.4 is 10.2 Å². The molecule has 7 nitrogen and oxygen atoms in total. The Balaban J connectivity index is 2.26. The highest BCUT2D eigenvalue weighted by Gasteiger charge is 2.27. The van der Waals surface area contributed by atoms with Gasteiger partial charge in [0.2, 0.25) is 11.8 Å². The van der Waals surface area contributed by atoms with Gasteiger partial charge in [-0.05, 0) is 25.7 Å². The molecule has 0 radical (unpaired) electrons. The van der Waals surface area contributed by atoms with Gasteiger partial charge >= 0.3 is 5.69 Å². The molecular formula is C11H17N5O2. The van der Waals surface area contributed by atoms with Crippen molar-refractivity contribution in [2.75, 3.05) is 30.4 Å². The van der Waals surface area contributed by atoms with E-state index in [-0.39, 0.29) is 5.69 Å². The lowest BCUT2D eigenvalue weighted by atomic mass is 10.3. The van der Waals surface area contributed by atoms with Gasteiger partial charge in [0.05, 0.1) is 4.92 Å². The third-order valence-corrected chi connectivity index (χ3v) is 2.87. The molecule has 1 aliphatic rings. The van der Waals surface area contributed by atoms with Gasteiger partial charge in [-0.3, -0.25) is 10.1 Å². The Morgan fingerprint density at radius 1 is 1.61 bits per heavy atom. The fraction of sp³-hybridized carbons (Fsp3) is 0.636. The first-order valence-electron chi connectivity index (χ1n) is 6.08. The lowest BCUT2D eigenvalue weighted by molar-refractivity contribution is -0.384. The van der Waals surface area contributed by atoms with E-state index in [9.17, 15) is 10.1 Å². The van der Waals surface area contributed by atoms with Crippen LogP contribution in [0.3, 0.4) is 0 Å². The van der Waals surface area contributed by atoms with Gasteiger partial charge in [-0.2, -0.15) is 4.98 Å². The van der Waals surface area contributed by atoms with Gasteiger partial charge in [-0.25, -0.2) is 4.98 Å². The first-order chi connectivity index (χ1) is 8.61. The van der Waals surface area contributed by atoms with E-state index in [2.05, 4.69) is 15.3 Å². The van der Waals surface area contributed by atoms with E-state index >= 15 is 0 Å². The van der Waals surface area contributed by atoms with Crippen LogP contribution in [0.4, 0.5) is 17.5 Å². The average molecular weight is 251 g/mol. The number of nitro groups is 1. The van der Waals surface area contributed by atoms with Crippen molar-refractivity contribution in [2.24, 2.45) is 5.92 Å². The van der Waals surface area contributed by atoms with E-state index in [1.165, 1.54) is 19.0 Å². The Bertz CT molecular complexity index is 447. The largest absolute Gasteiger partial charge is 0.354 e. The second-order valence-corrected chi connectivity index (χ2v) is 4.51. The van der Waals surface area contributed by atoms with Crippen molar-refractivity contribution in [3.63, 3.8) is 0 Å². The van der Waals surface area contributed by atoms with Crippen molar-refractivity contribution in [1.82, 2.24) is 9.97 Å². The molecule has 1 fully saturated rings. The van der Waals surface area contributed by atoms with Crippen LogP contribution in [0.15, 0.2) is 6.20 Å². The molecule has 0 bridgehead atoms. The molecule has 1 aliphatic carbocycles. The third kappa shape index (κ3) is 2.85. The van der Waals surface area contributed by atoms with Crippen LogP contribution in [0, 0.1) is 16.0 Å². The fourth-order valence-corrected chi connectivity index (χ4v) is 1.79. The number of nitrogens with zero attached hydrogens (tertiary/aromatic N) is 4. The van der Waals surface area contributed by atoms with E-state index in [1.807, 2.05) is 18.9 Å². The summed E-state index contributed by atoms with van der Waals surface area (Å²) >= 11 is 0. The number of hydrogen-bond acceptors (Lipinski definition) is 6. The Labute approximate surface area is 105 Å². The summed E-state index contributed by atoms with van der Waals surface area (Å²) in [5.74, 6) is 1.46. The van der Waals surface area contributed by atoms with E-state index in [1.54, 1.807) is 0 Å². The lowest BCUT2D eigenvalue weighted by Crippen LogP contribution is -2.23. The minimum atomic E-state index is -0.436. The van der Waals surface area contributed by atoms with Crippen LogP contribution in [0.5, 0.6) is 0 Å². The fourth-order valence-electron chi connectivity index (χ4n) is 1.79. The highest BCUT2D eigenvalue weighted by atomic mass is 16.6. The summed E-state index contributed by atoms with van der Waals surface area (Å²) in [5, 5.41) is 13.9. The molecule has 2 rings (SSSR count). The minimum absolute atomic E-state index is 0.0418. The Kier molecular flexibility index (Phi) is 3.59. The molecule has 18 heavy (non-hydrogen) atoms. The summed E-state index contributed by atoms with van der Waals surface area (Å²) in [7, 11) is 1.84. The van der Waals surface area contributed by atoms with Gasteiger partial charge in [0, 0.05) is 20.1 Å². The number of anilines is 2. The van der Waals surface area contributed by atoms with E-state index in [0.29, 0.717) is 24.2 Å². The Morgan fingerprint density at radius 3 is 2.89 bits per heavy atom. The van der Waals surface area contributed by atoms with Gasteiger partial charge in [0.25, 0.3) is 0 Å². The standard InChI is InChI=1S/C11H17N5O2/c1-3-12-11-13-6-9(16(17)18)10(14-11)15(2)7-8-4-5-8/h6,8H,3-5,7H2,1-2H3,(H,12,13,14). The van der Waals surface area contributed by atoms with Crippen molar-refractivity contribution >= 4 is 17.5 Å². The number of aromatic nitrogens is 2. The average Bonchev–Trinajstić information content (AvgIpc) is 3.13. The Hall–Kier alpha value is -1.92. The molecular weight excluding hydrogens is 234 g/mol. The molecule has 1 heterocycles. The van der Waals surface area contributed by atoms with Crippen LogP contribution in [0.2, 0.25) is 0 Å². The van der Waals surface area contributed by atoms with Crippen molar-refractivity contribution in [3.8, 4) is 0 Å². The molecule has 1 saturated carbocycles. The molecule has 1 aromatic rings. The van der Waals surface area contributed by atoms with Gasteiger partial charge in [-0.15, -0.1) is 0 Å². The summed E-state index contributed by atoms with van der Waals surface area (Å²) < 4.78 is 0. The van der Waals surface area contributed by atoms with Gasteiger partial charge < -0.3 is 10.2 Å². The molecule has 0 unspecified atom stereocenters. The summed E-state index contributed by atoms with van der Waals surface area (Å²) in [5.41, 5.74) is -0.0418. The SMILES string of the molecule is CCNc1ncc([N+](=O)[O-])c(N(C)CC2CC2)n1. The maximum Gasteiger partial charge on any atom is 0.329 e. The summed E-state index contributed by atoms with van der Waals surface area (Å²) in [6.07, 6.45) is 3.66. The monoisotopic (exact) mass is 251 g/mol. The first kappa shape index (κ1) is 12.5. The van der Waals surface area contributed by atoms with Crippen LogP contribution in [0.1, 0.15) is 19.8 Å². The summed E-state index contributed by atoms with van der Waals surface area (Å²) in [6, 6.07) is 0. The number of nitrogens with one attached hydrogen (secondary N) is 1. The highest BCUT2D eigenvalue weighted by molar-refractivity contribution is 5.58. The topological polar surface area (TPSA) is 84.2 Å². The molecule has 98 valence electrons. The molecule has 0 spiro atoms. The quantitative estimate of drug-likeness (QED) is 0.611. The summed E-state index contributed by atoms with van der Waals surface area (Å²) in [6.45, 7) is 3.42. The van der Waals surface area contributed by atoms with Crippen molar-refractivity contribution < 1.29 is 4.92 Å². The van der Waals surface area contributed by atoms with E-state index in [4.69, 9.17) is 0 Å². The predicted molar refractivity (Wildman–Crippen MR) is 68.8 cm³/mol. The molecule has 1 aromatic heterocycles. The minimum Gasteiger partial charge on any atom is -0.354 e.